The maximum Gasteiger partial charge on any atom is 0.119 e. The Labute approximate surface area is 199 Å². The van der Waals surface area contributed by atoms with Gasteiger partial charge in [0.15, 0.2) is 0 Å². The van der Waals surface area contributed by atoms with Crippen LogP contribution in [0.3, 0.4) is 0 Å². The van der Waals surface area contributed by atoms with E-state index in [-0.39, 0.29) is 25.2 Å². The molecule has 1 heterocycles. The van der Waals surface area contributed by atoms with E-state index in [0.29, 0.717) is 29.8 Å². The number of rotatable bonds is 12. The lowest BCUT2D eigenvalue weighted by Gasteiger charge is -2.26. The van der Waals surface area contributed by atoms with Gasteiger partial charge in [-0.15, -0.1) is 16.7 Å². The molecule has 0 saturated heterocycles. The first-order valence-electron chi connectivity index (χ1n) is 11.0. The van der Waals surface area contributed by atoms with Crippen LogP contribution in [-0.2, 0) is 18.6 Å². The number of hydrogen-bond acceptors (Lipinski definition) is 6. The standard InChI is InChI=1S/C25H32ClN3O4/c1-18(12-26)16-32-23-8-4-19(5-9-23)25(2,3)20-6-10-24(11-7-20)33-17-22(31)14-29-21(15-30)13-27-28-29/h4-11,13,18,22,30-31H,12,14-17H2,1-3H3/t18-,22-/m0/s1. The fourth-order valence-electron chi connectivity index (χ4n) is 3.39. The average molecular weight is 474 g/mol. The van der Waals surface area contributed by atoms with E-state index in [1.54, 1.807) is 0 Å². The van der Waals surface area contributed by atoms with Crippen LogP contribution in [0.5, 0.6) is 11.5 Å². The van der Waals surface area contributed by atoms with E-state index < -0.39 is 6.10 Å². The summed E-state index contributed by atoms with van der Waals surface area (Å²) in [5.41, 5.74) is 2.67. The molecule has 178 valence electrons. The Balaban J connectivity index is 1.56. The number of aliphatic hydroxyl groups is 2. The number of nitrogens with zero attached hydrogens (tertiary/aromatic N) is 3. The zero-order valence-electron chi connectivity index (χ0n) is 19.3. The first kappa shape index (κ1) is 25.0. The molecule has 0 aliphatic heterocycles. The van der Waals surface area contributed by atoms with Crippen molar-refractivity contribution in [3.05, 3.63) is 71.5 Å². The minimum absolute atomic E-state index is 0.108. The van der Waals surface area contributed by atoms with Crippen molar-refractivity contribution in [1.82, 2.24) is 15.0 Å². The number of aromatic nitrogens is 3. The Bertz CT molecular complexity index is 990. The van der Waals surface area contributed by atoms with E-state index in [4.69, 9.17) is 21.1 Å². The number of hydrogen-bond donors (Lipinski definition) is 2. The fourth-order valence-corrected chi connectivity index (χ4v) is 3.47. The van der Waals surface area contributed by atoms with E-state index in [2.05, 4.69) is 43.2 Å². The Morgan fingerprint density at radius 1 is 0.970 bits per heavy atom. The minimum Gasteiger partial charge on any atom is -0.493 e. The van der Waals surface area contributed by atoms with Gasteiger partial charge in [0.1, 0.15) is 24.2 Å². The van der Waals surface area contributed by atoms with Gasteiger partial charge in [0.2, 0.25) is 0 Å². The quantitative estimate of drug-likeness (QED) is 0.389. The molecule has 0 fully saturated rings. The third-order valence-corrected chi connectivity index (χ3v) is 6.16. The van der Waals surface area contributed by atoms with Crippen molar-refractivity contribution in [3.63, 3.8) is 0 Å². The van der Waals surface area contributed by atoms with Crippen molar-refractivity contribution in [2.24, 2.45) is 5.92 Å². The average Bonchev–Trinajstić information content (AvgIpc) is 3.28. The Kier molecular flexibility index (Phi) is 8.72. The highest BCUT2D eigenvalue weighted by atomic mass is 35.5. The smallest absolute Gasteiger partial charge is 0.119 e. The molecule has 2 atom stereocenters. The van der Waals surface area contributed by atoms with Gasteiger partial charge in [0.05, 0.1) is 31.6 Å². The van der Waals surface area contributed by atoms with Crippen LogP contribution in [-0.4, -0.2) is 50.4 Å². The third-order valence-electron chi connectivity index (χ3n) is 5.64. The van der Waals surface area contributed by atoms with Crippen molar-refractivity contribution in [3.8, 4) is 11.5 Å². The predicted molar refractivity (Wildman–Crippen MR) is 128 cm³/mol. The molecule has 0 saturated carbocycles. The van der Waals surface area contributed by atoms with Gasteiger partial charge < -0.3 is 19.7 Å². The van der Waals surface area contributed by atoms with Crippen LogP contribution in [0.4, 0.5) is 0 Å². The molecule has 0 aliphatic carbocycles. The lowest BCUT2D eigenvalue weighted by atomic mass is 9.78. The van der Waals surface area contributed by atoms with Crippen LogP contribution in [0, 0.1) is 5.92 Å². The SMILES string of the molecule is C[C@@H](CCl)COc1ccc(C(C)(C)c2ccc(OC[C@@H](O)Cn3nncc3CO)cc2)cc1. The van der Waals surface area contributed by atoms with Crippen LogP contribution in [0.2, 0.25) is 0 Å². The molecule has 3 aromatic rings. The van der Waals surface area contributed by atoms with Crippen molar-refractivity contribution in [2.75, 3.05) is 19.1 Å². The third kappa shape index (κ3) is 6.69. The van der Waals surface area contributed by atoms with Gasteiger partial charge in [-0.25, -0.2) is 4.68 Å². The summed E-state index contributed by atoms with van der Waals surface area (Å²) in [5, 5.41) is 27.1. The summed E-state index contributed by atoms with van der Waals surface area (Å²) in [6.45, 7) is 7.14. The fraction of sp³-hybridized carbons (Fsp3) is 0.440. The first-order chi connectivity index (χ1) is 15.8. The molecule has 33 heavy (non-hydrogen) atoms. The maximum atomic E-state index is 10.2. The highest BCUT2D eigenvalue weighted by molar-refractivity contribution is 6.18. The number of halogens is 1. The summed E-state index contributed by atoms with van der Waals surface area (Å²) in [7, 11) is 0. The molecule has 0 unspecified atom stereocenters. The van der Waals surface area contributed by atoms with Crippen molar-refractivity contribution in [2.45, 2.75) is 45.4 Å². The highest BCUT2D eigenvalue weighted by Gasteiger charge is 2.23. The molecule has 8 heteroatoms. The Morgan fingerprint density at radius 3 is 2.03 bits per heavy atom. The van der Waals surface area contributed by atoms with E-state index in [1.165, 1.54) is 16.4 Å². The molecule has 2 N–H and O–H groups in total. The Morgan fingerprint density at radius 2 is 1.52 bits per heavy atom. The van der Waals surface area contributed by atoms with Crippen LogP contribution < -0.4 is 9.47 Å². The van der Waals surface area contributed by atoms with Gasteiger partial charge in [-0.2, -0.15) is 0 Å². The van der Waals surface area contributed by atoms with Gasteiger partial charge in [-0.05, 0) is 35.4 Å². The summed E-state index contributed by atoms with van der Waals surface area (Å²) >= 11 is 5.84. The molecule has 0 amide bonds. The van der Waals surface area contributed by atoms with Gasteiger partial charge in [0.25, 0.3) is 0 Å². The monoisotopic (exact) mass is 473 g/mol. The van der Waals surface area contributed by atoms with Crippen molar-refractivity contribution < 1.29 is 19.7 Å². The molecular formula is C25H32ClN3O4. The minimum atomic E-state index is -0.777. The zero-order valence-corrected chi connectivity index (χ0v) is 20.1. The summed E-state index contributed by atoms with van der Waals surface area (Å²) in [4.78, 5) is 0. The normalized spacial score (nSPS) is 13.5. The lowest BCUT2D eigenvalue weighted by molar-refractivity contribution is 0.0866. The van der Waals surface area contributed by atoms with E-state index in [0.717, 1.165) is 11.3 Å². The molecule has 2 aromatic carbocycles. The molecule has 0 spiro atoms. The predicted octanol–water partition coefficient (Wildman–Crippen LogP) is 3.79. The number of benzene rings is 2. The molecular weight excluding hydrogens is 442 g/mol. The second-order valence-electron chi connectivity index (χ2n) is 8.77. The van der Waals surface area contributed by atoms with E-state index >= 15 is 0 Å². The van der Waals surface area contributed by atoms with Gasteiger partial charge >= 0.3 is 0 Å². The van der Waals surface area contributed by atoms with Crippen molar-refractivity contribution in [1.29, 1.82) is 0 Å². The van der Waals surface area contributed by atoms with E-state index in [9.17, 15) is 10.2 Å². The largest absolute Gasteiger partial charge is 0.493 e. The zero-order chi connectivity index (χ0) is 23.8. The number of ether oxygens (including phenoxy) is 2. The second kappa shape index (κ2) is 11.5. The summed E-state index contributed by atoms with van der Waals surface area (Å²) in [6, 6.07) is 16.1. The highest BCUT2D eigenvalue weighted by Crippen LogP contribution is 2.33. The molecule has 3 rings (SSSR count). The lowest BCUT2D eigenvalue weighted by Crippen LogP contribution is -2.25. The molecule has 1 aromatic heterocycles. The van der Waals surface area contributed by atoms with Crippen LogP contribution >= 0.6 is 11.6 Å². The van der Waals surface area contributed by atoms with E-state index in [1.807, 2.05) is 36.4 Å². The van der Waals surface area contributed by atoms with Crippen molar-refractivity contribution >= 4 is 11.6 Å². The van der Waals surface area contributed by atoms with Gasteiger partial charge in [-0.3, -0.25) is 0 Å². The van der Waals surface area contributed by atoms with Crippen LogP contribution in [0.1, 0.15) is 37.6 Å². The van der Waals surface area contributed by atoms with Crippen LogP contribution in [0.25, 0.3) is 0 Å². The van der Waals surface area contributed by atoms with Gasteiger partial charge in [-0.1, -0.05) is 50.3 Å². The molecule has 0 aliphatic rings. The summed E-state index contributed by atoms with van der Waals surface area (Å²) < 4.78 is 13.0. The maximum absolute atomic E-state index is 10.2. The molecule has 7 nitrogen and oxygen atoms in total. The molecule has 0 bridgehead atoms. The van der Waals surface area contributed by atoms with Crippen LogP contribution in [0.15, 0.2) is 54.7 Å². The summed E-state index contributed by atoms with van der Waals surface area (Å²) in [6.07, 6.45) is 0.692. The number of aliphatic hydroxyl groups excluding tert-OH is 2. The first-order valence-corrected chi connectivity index (χ1v) is 11.6. The second-order valence-corrected chi connectivity index (χ2v) is 9.08. The summed E-state index contributed by atoms with van der Waals surface area (Å²) in [5.74, 6) is 2.40. The number of alkyl halides is 1. The topological polar surface area (TPSA) is 89.6 Å². The molecule has 0 radical (unpaired) electrons. The van der Waals surface area contributed by atoms with Gasteiger partial charge in [0, 0.05) is 17.2 Å². The Hall–Kier alpha value is -2.61.